The minimum absolute atomic E-state index is 0.0188. The zero-order valence-electron chi connectivity index (χ0n) is 15.8. The third-order valence-corrected chi connectivity index (χ3v) is 5.61. The van der Waals surface area contributed by atoms with E-state index in [0.29, 0.717) is 35.1 Å². The predicted molar refractivity (Wildman–Crippen MR) is 116 cm³/mol. The second-order valence-electron chi connectivity index (χ2n) is 6.63. The number of hydrogen-bond acceptors (Lipinski definition) is 4. The van der Waals surface area contributed by atoms with Gasteiger partial charge in [-0.15, -0.1) is 0 Å². The Hall–Kier alpha value is -2.44. The molecule has 146 valence electrons. The monoisotopic (exact) mass is 415 g/mol. The molecule has 1 aromatic heterocycles. The maximum Gasteiger partial charge on any atom is 0.226 e. The van der Waals surface area contributed by atoms with E-state index in [1.165, 1.54) is 11.3 Å². The summed E-state index contributed by atoms with van der Waals surface area (Å²) in [6, 6.07) is 11.4. The molecule has 0 atom stereocenters. The molecule has 5 nitrogen and oxygen atoms in total. The number of carbonyl (C=O) groups excluding carboxylic acids is 2. The third-order valence-electron chi connectivity index (χ3n) is 4.27. The van der Waals surface area contributed by atoms with Crippen molar-refractivity contribution < 1.29 is 9.59 Å². The highest BCUT2D eigenvalue weighted by Crippen LogP contribution is 2.27. The number of nitrogens with one attached hydrogen (secondary N) is 2. The van der Waals surface area contributed by atoms with E-state index < -0.39 is 0 Å². The molecule has 1 heterocycles. The number of rotatable bonds is 7. The van der Waals surface area contributed by atoms with Crippen molar-refractivity contribution in [3.8, 4) is 0 Å². The molecule has 0 saturated carbocycles. The summed E-state index contributed by atoms with van der Waals surface area (Å²) in [7, 11) is 0. The first-order chi connectivity index (χ1) is 13.4. The first kappa shape index (κ1) is 20.3. The molecule has 0 aliphatic carbocycles. The van der Waals surface area contributed by atoms with Crippen molar-refractivity contribution >= 4 is 55.8 Å². The molecule has 28 heavy (non-hydrogen) atoms. The summed E-state index contributed by atoms with van der Waals surface area (Å²) < 4.78 is 0.995. The zero-order chi connectivity index (χ0) is 20.1. The van der Waals surface area contributed by atoms with Crippen molar-refractivity contribution in [3.05, 3.63) is 52.5 Å². The Bertz CT molecular complexity index is 1020. The lowest BCUT2D eigenvalue weighted by Gasteiger charge is -2.07. The average molecular weight is 416 g/mol. The van der Waals surface area contributed by atoms with Gasteiger partial charge in [0.05, 0.1) is 10.2 Å². The van der Waals surface area contributed by atoms with E-state index in [1.807, 2.05) is 44.2 Å². The molecule has 0 fully saturated rings. The van der Waals surface area contributed by atoms with Gasteiger partial charge in [-0.2, -0.15) is 0 Å². The summed E-state index contributed by atoms with van der Waals surface area (Å²) in [4.78, 5) is 28.4. The highest BCUT2D eigenvalue weighted by atomic mass is 35.5. The van der Waals surface area contributed by atoms with Gasteiger partial charge < -0.3 is 10.6 Å². The molecule has 0 saturated heterocycles. The van der Waals surface area contributed by atoms with E-state index in [9.17, 15) is 9.59 Å². The summed E-state index contributed by atoms with van der Waals surface area (Å²) in [5.41, 5.74) is 3.58. The van der Waals surface area contributed by atoms with E-state index in [0.717, 1.165) is 27.8 Å². The van der Waals surface area contributed by atoms with Gasteiger partial charge >= 0.3 is 0 Å². The van der Waals surface area contributed by atoms with E-state index >= 15 is 0 Å². The molecule has 0 bridgehead atoms. The number of fused-ring (bicyclic) bond motifs is 1. The molecule has 7 heteroatoms. The maximum atomic E-state index is 12.2. The Morgan fingerprint density at radius 3 is 2.61 bits per heavy atom. The van der Waals surface area contributed by atoms with Gasteiger partial charge in [0.1, 0.15) is 0 Å². The lowest BCUT2D eigenvalue weighted by molar-refractivity contribution is -0.117. The van der Waals surface area contributed by atoms with Crippen molar-refractivity contribution in [1.82, 2.24) is 4.98 Å². The molecule has 2 aromatic carbocycles. The van der Waals surface area contributed by atoms with Gasteiger partial charge in [0.15, 0.2) is 5.13 Å². The number of aryl methyl sites for hydroxylation is 2. The van der Waals surface area contributed by atoms with Crippen molar-refractivity contribution in [3.63, 3.8) is 0 Å². The van der Waals surface area contributed by atoms with Crippen molar-refractivity contribution in [2.75, 3.05) is 10.6 Å². The normalized spacial score (nSPS) is 10.8. The largest absolute Gasteiger partial charge is 0.326 e. The zero-order valence-corrected chi connectivity index (χ0v) is 17.4. The van der Waals surface area contributed by atoms with Crippen LogP contribution in [0, 0.1) is 6.92 Å². The number of aromatic nitrogens is 1. The topological polar surface area (TPSA) is 71.1 Å². The fourth-order valence-corrected chi connectivity index (χ4v) is 3.87. The van der Waals surface area contributed by atoms with E-state index in [2.05, 4.69) is 15.6 Å². The fourth-order valence-electron chi connectivity index (χ4n) is 2.74. The van der Waals surface area contributed by atoms with Crippen LogP contribution < -0.4 is 10.6 Å². The van der Waals surface area contributed by atoms with Crippen LogP contribution in [0.4, 0.5) is 10.8 Å². The summed E-state index contributed by atoms with van der Waals surface area (Å²) in [5.74, 6) is -0.0773. The SMILES string of the molecule is CCCC(=O)Nc1nc2ccc(CCC(=O)Nc3ccc(C)c(Cl)c3)cc2s1. The number of hydrogen-bond donors (Lipinski definition) is 2. The summed E-state index contributed by atoms with van der Waals surface area (Å²) >= 11 is 7.54. The summed E-state index contributed by atoms with van der Waals surface area (Å²) in [5, 5.41) is 6.95. The second-order valence-corrected chi connectivity index (χ2v) is 8.07. The van der Waals surface area contributed by atoms with Gasteiger partial charge in [-0.25, -0.2) is 4.98 Å². The number of thiazole rings is 1. The fraction of sp³-hybridized carbons (Fsp3) is 0.286. The van der Waals surface area contributed by atoms with Gasteiger partial charge in [-0.05, 0) is 55.2 Å². The molecule has 0 spiro atoms. The predicted octanol–water partition coefficient (Wildman–Crippen LogP) is 5.57. The second kappa shape index (κ2) is 9.17. The van der Waals surface area contributed by atoms with E-state index in [4.69, 9.17) is 11.6 Å². The van der Waals surface area contributed by atoms with Crippen LogP contribution in [0.5, 0.6) is 0 Å². The number of benzene rings is 2. The Balaban J connectivity index is 1.59. The molecule has 0 aliphatic rings. The average Bonchev–Trinajstić information content (AvgIpc) is 3.04. The highest BCUT2D eigenvalue weighted by molar-refractivity contribution is 7.22. The van der Waals surface area contributed by atoms with Crippen molar-refractivity contribution in [2.24, 2.45) is 0 Å². The first-order valence-corrected chi connectivity index (χ1v) is 10.4. The van der Waals surface area contributed by atoms with Crippen LogP contribution in [0.25, 0.3) is 10.2 Å². The van der Waals surface area contributed by atoms with Crippen molar-refractivity contribution in [2.45, 2.75) is 39.5 Å². The minimum atomic E-state index is -0.0585. The van der Waals surface area contributed by atoms with Gasteiger partial charge in [0, 0.05) is 23.6 Å². The Morgan fingerprint density at radius 1 is 1.07 bits per heavy atom. The lowest BCUT2D eigenvalue weighted by atomic mass is 10.1. The molecule has 2 amide bonds. The van der Waals surface area contributed by atoms with E-state index in [1.54, 1.807) is 6.07 Å². The van der Waals surface area contributed by atoms with Crippen LogP contribution in [0.3, 0.4) is 0 Å². The first-order valence-electron chi connectivity index (χ1n) is 9.20. The number of anilines is 2. The molecule has 0 radical (unpaired) electrons. The molecule has 0 aliphatic heterocycles. The Morgan fingerprint density at radius 2 is 1.86 bits per heavy atom. The maximum absolute atomic E-state index is 12.2. The molecular formula is C21H22ClN3O2S. The lowest BCUT2D eigenvalue weighted by Crippen LogP contribution is -2.12. The van der Waals surface area contributed by atoms with Crippen molar-refractivity contribution in [1.29, 1.82) is 0 Å². The van der Waals surface area contributed by atoms with Crippen LogP contribution in [0.15, 0.2) is 36.4 Å². The summed E-state index contributed by atoms with van der Waals surface area (Å²) in [6.07, 6.45) is 2.28. The molecular weight excluding hydrogens is 394 g/mol. The van der Waals surface area contributed by atoms with Gasteiger partial charge in [-0.1, -0.05) is 42.0 Å². The number of amides is 2. The quantitative estimate of drug-likeness (QED) is 0.530. The van der Waals surface area contributed by atoms with Crippen LogP contribution in [-0.4, -0.2) is 16.8 Å². The minimum Gasteiger partial charge on any atom is -0.326 e. The molecule has 3 aromatic rings. The Labute approximate surface area is 173 Å². The van der Waals surface area contributed by atoms with Crippen LogP contribution >= 0.6 is 22.9 Å². The smallest absolute Gasteiger partial charge is 0.226 e. The van der Waals surface area contributed by atoms with Crippen LogP contribution in [0.2, 0.25) is 5.02 Å². The third kappa shape index (κ3) is 5.30. The van der Waals surface area contributed by atoms with Crippen LogP contribution in [-0.2, 0) is 16.0 Å². The molecule has 3 rings (SSSR count). The van der Waals surface area contributed by atoms with Gasteiger partial charge in [0.25, 0.3) is 0 Å². The van der Waals surface area contributed by atoms with Crippen LogP contribution in [0.1, 0.15) is 37.3 Å². The Kier molecular flexibility index (Phi) is 6.65. The molecule has 2 N–H and O–H groups in total. The van der Waals surface area contributed by atoms with E-state index in [-0.39, 0.29) is 11.8 Å². The van der Waals surface area contributed by atoms with Gasteiger partial charge in [-0.3, -0.25) is 9.59 Å². The number of halogens is 1. The van der Waals surface area contributed by atoms with Gasteiger partial charge in [0.2, 0.25) is 11.8 Å². The standard InChI is InChI=1S/C21H22ClN3O2S/c1-3-4-19(26)25-21-24-17-9-6-14(11-18(17)28-21)7-10-20(27)23-15-8-5-13(2)16(22)12-15/h5-6,8-9,11-12H,3-4,7,10H2,1-2H3,(H,23,27)(H,24,25,26). The summed E-state index contributed by atoms with van der Waals surface area (Å²) in [6.45, 7) is 3.89. The number of nitrogens with zero attached hydrogens (tertiary/aromatic N) is 1. The molecule has 0 unspecified atom stereocenters. The highest BCUT2D eigenvalue weighted by Gasteiger charge is 2.09. The number of carbonyl (C=O) groups is 2.